The second-order valence-corrected chi connectivity index (χ2v) is 6.43. The highest BCUT2D eigenvalue weighted by molar-refractivity contribution is 5.87. The molecule has 0 spiro atoms. The quantitative estimate of drug-likeness (QED) is 0.791. The molecule has 4 rings (SSSR count). The topological polar surface area (TPSA) is 84.7 Å². The minimum atomic E-state index is 0.284. The molecule has 1 unspecified atom stereocenters. The number of nitrogens with zero attached hydrogens (tertiary/aromatic N) is 6. The van der Waals surface area contributed by atoms with Crippen LogP contribution in [-0.2, 0) is 0 Å². The number of aromatic nitrogens is 4. The van der Waals surface area contributed by atoms with Gasteiger partial charge in [-0.1, -0.05) is 0 Å². The van der Waals surface area contributed by atoms with Crippen LogP contribution < -0.4 is 9.80 Å². The Kier molecular flexibility index (Phi) is 3.73. The fourth-order valence-electron chi connectivity index (χ4n) is 3.46. The highest BCUT2D eigenvalue weighted by Crippen LogP contribution is 2.29. The molecule has 3 aromatic heterocycles. The predicted octanol–water partition coefficient (Wildman–Crippen LogP) is 2.25. The van der Waals surface area contributed by atoms with Gasteiger partial charge in [0, 0.05) is 38.6 Å². The van der Waals surface area contributed by atoms with Crippen LogP contribution in [0.1, 0.15) is 17.5 Å². The van der Waals surface area contributed by atoms with E-state index < -0.39 is 0 Å². The van der Waals surface area contributed by atoms with Crippen LogP contribution >= 0.6 is 0 Å². The fourth-order valence-corrected chi connectivity index (χ4v) is 3.46. The number of H-pyrrole nitrogens is 1. The van der Waals surface area contributed by atoms with E-state index in [0.29, 0.717) is 5.56 Å². The molecule has 7 nitrogen and oxygen atoms in total. The first-order chi connectivity index (χ1) is 12.2. The third-order valence-electron chi connectivity index (χ3n) is 4.80. The number of hydrogen-bond acceptors (Lipinski definition) is 6. The van der Waals surface area contributed by atoms with Crippen molar-refractivity contribution in [2.75, 3.05) is 29.9 Å². The maximum Gasteiger partial charge on any atom is 0.146 e. The Morgan fingerprint density at radius 1 is 1.36 bits per heavy atom. The van der Waals surface area contributed by atoms with Gasteiger partial charge in [0.15, 0.2) is 0 Å². The van der Waals surface area contributed by atoms with E-state index in [9.17, 15) is 5.26 Å². The first-order valence-corrected chi connectivity index (χ1v) is 8.30. The highest BCUT2D eigenvalue weighted by atomic mass is 15.3. The molecule has 1 N–H and O–H groups in total. The average molecular weight is 333 g/mol. The molecule has 1 aliphatic heterocycles. The fraction of sp³-hybridized carbons (Fsp3) is 0.333. The van der Waals surface area contributed by atoms with Crippen molar-refractivity contribution in [3.8, 4) is 6.07 Å². The van der Waals surface area contributed by atoms with Gasteiger partial charge in [0.25, 0.3) is 0 Å². The highest BCUT2D eigenvalue weighted by Gasteiger charge is 2.29. The predicted molar refractivity (Wildman–Crippen MR) is 96.6 cm³/mol. The van der Waals surface area contributed by atoms with Gasteiger partial charge < -0.3 is 14.8 Å². The minimum absolute atomic E-state index is 0.284. The summed E-state index contributed by atoms with van der Waals surface area (Å²) in [6.45, 7) is 3.71. The van der Waals surface area contributed by atoms with Crippen LogP contribution in [0.25, 0.3) is 11.0 Å². The van der Waals surface area contributed by atoms with Gasteiger partial charge in [-0.3, -0.25) is 0 Å². The number of pyridine rings is 1. The molecule has 126 valence electrons. The zero-order valence-corrected chi connectivity index (χ0v) is 14.3. The summed E-state index contributed by atoms with van der Waals surface area (Å²) in [5.41, 5.74) is 2.47. The number of aryl methyl sites for hydroxylation is 1. The summed E-state index contributed by atoms with van der Waals surface area (Å²) in [4.78, 5) is 20.7. The molecule has 0 bridgehead atoms. The van der Waals surface area contributed by atoms with Gasteiger partial charge in [-0.25, -0.2) is 15.0 Å². The van der Waals surface area contributed by atoms with Crippen LogP contribution in [0.4, 0.5) is 11.6 Å². The first-order valence-electron chi connectivity index (χ1n) is 8.30. The Morgan fingerprint density at radius 2 is 2.24 bits per heavy atom. The number of rotatable bonds is 3. The van der Waals surface area contributed by atoms with E-state index >= 15 is 0 Å². The van der Waals surface area contributed by atoms with Gasteiger partial charge in [0.05, 0.1) is 10.9 Å². The van der Waals surface area contributed by atoms with Gasteiger partial charge in [-0.2, -0.15) is 5.26 Å². The number of nitrogens with one attached hydrogen (secondary N) is 1. The molecule has 0 aliphatic carbocycles. The maximum absolute atomic E-state index is 9.41. The number of hydrogen-bond donors (Lipinski definition) is 1. The van der Waals surface area contributed by atoms with E-state index in [2.05, 4.69) is 35.8 Å². The van der Waals surface area contributed by atoms with Crippen LogP contribution in [0.5, 0.6) is 0 Å². The third-order valence-corrected chi connectivity index (χ3v) is 4.80. The largest absolute Gasteiger partial charge is 0.354 e. The van der Waals surface area contributed by atoms with Crippen LogP contribution in [0.15, 0.2) is 30.9 Å². The van der Waals surface area contributed by atoms with E-state index in [-0.39, 0.29) is 6.04 Å². The zero-order chi connectivity index (χ0) is 17.4. The SMILES string of the molecule is Cc1cnc(N(C)C2CCN(c3ncnc4[nH]ccc34)C2)c(C#N)c1. The summed E-state index contributed by atoms with van der Waals surface area (Å²) in [6.07, 6.45) is 6.29. The number of fused-ring (bicyclic) bond motifs is 1. The van der Waals surface area contributed by atoms with E-state index in [1.54, 1.807) is 6.33 Å². The van der Waals surface area contributed by atoms with E-state index in [1.165, 1.54) is 0 Å². The molecule has 1 fully saturated rings. The van der Waals surface area contributed by atoms with Crippen LogP contribution in [-0.4, -0.2) is 46.1 Å². The van der Waals surface area contributed by atoms with Crippen LogP contribution in [0.2, 0.25) is 0 Å². The number of likely N-dealkylation sites (N-methyl/N-ethyl adjacent to an activating group) is 1. The molecule has 1 atom stereocenters. The van der Waals surface area contributed by atoms with Gasteiger partial charge in [0.1, 0.15) is 29.7 Å². The standard InChI is InChI=1S/C18H19N7/c1-12-7-13(8-19)17(21-9-12)24(2)14-4-6-25(10-14)18-15-3-5-20-16(15)22-11-23-18/h3,5,7,9,11,14H,4,6,10H2,1-2H3,(H,20,22,23). The van der Waals surface area contributed by atoms with Gasteiger partial charge in [0.2, 0.25) is 0 Å². The summed E-state index contributed by atoms with van der Waals surface area (Å²) in [5, 5.41) is 10.5. The lowest BCUT2D eigenvalue weighted by atomic mass is 10.1. The van der Waals surface area contributed by atoms with Crippen molar-refractivity contribution in [2.45, 2.75) is 19.4 Å². The van der Waals surface area contributed by atoms with Crippen molar-refractivity contribution in [1.82, 2.24) is 19.9 Å². The minimum Gasteiger partial charge on any atom is -0.354 e. The summed E-state index contributed by atoms with van der Waals surface area (Å²) in [5.74, 6) is 1.70. The summed E-state index contributed by atoms with van der Waals surface area (Å²) >= 11 is 0. The zero-order valence-electron chi connectivity index (χ0n) is 14.3. The van der Waals surface area contributed by atoms with Gasteiger partial charge in [-0.15, -0.1) is 0 Å². The van der Waals surface area contributed by atoms with E-state index in [0.717, 1.165) is 47.7 Å². The van der Waals surface area contributed by atoms with Crippen molar-refractivity contribution in [3.63, 3.8) is 0 Å². The molecule has 0 radical (unpaired) electrons. The summed E-state index contributed by atoms with van der Waals surface area (Å²) in [7, 11) is 2.01. The van der Waals surface area contributed by atoms with Crippen molar-refractivity contribution in [1.29, 1.82) is 5.26 Å². The van der Waals surface area contributed by atoms with Gasteiger partial charge >= 0.3 is 0 Å². The molecule has 25 heavy (non-hydrogen) atoms. The first kappa shape index (κ1) is 15.4. The molecule has 0 amide bonds. The average Bonchev–Trinajstić information content (AvgIpc) is 3.30. The molecule has 3 aromatic rings. The molecular formula is C18H19N7. The summed E-state index contributed by atoms with van der Waals surface area (Å²) < 4.78 is 0. The molecule has 0 saturated carbocycles. The van der Waals surface area contributed by atoms with E-state index in [1.807, 2.05) is 38.5 Å². The van der Waals surface area contributed by atoms with Crippen molar-refractivity contribution >= 4 is 22.7 Å². The monoisotopic (exact) mass is 333 g/mol. The Hall–Kier alpha value is -3.14. The second kappa shape index (κ2) is 6.06. The molecule has 7 heteroatoms. The summed E-state index contributed by atoms with van der Waals surface area (Å²) in [6, 6.07) is 6.44. The van der Waals surface area contributed by atoms with Crippen LogP contribution in [0.3, 0.4) is 0 Å². The smallest absolute Gasteiger partial charge is 0.146 e. The number of aromatic amines is 1. The Labute approximate surface area is 145 Å². The van der Waals surface area contributed by atoms with Gasteiger partial charge in [-0.05, 0) is 31.0 Å². The Balaban J connectivity index is 1.59. The lowest BCUT2D eigenvalue weighted by Crippen LogP contribution is -2.35. The molecule has 0 aromatic carbocycles. The Morgan fingerprint density at radius 3 is 3.08 bits per heavy atom. The number of nitriles is 1. The van der Waals surface area contributed by atoms with Crippen LogP contribution in [0, 0.1) is 18.3 Å². The third kappa shape index (κ3) is 2.66. The van der Waals surface area contributed by atoms with Crippen molar-refractivity contribution in [2.24, 2.45) is 0 Å². The Bertz CT molecular complexity index is 955. The molecule has 1 aliphatic rings. The van der Waals surface area contributed by atoms with Crippen molar-refractivity contribution < 1.29 is 0 Å². The molecular weight excluding hydrogens is 314 g/mol. The molecule has 1 saturated heterocycles. The second-order valence-electron chi connectivity index (χ2n) is 6.43. The van der Waals surface area contributed by atoms with Crippen molar-refractivity contribution in [3.05, 3.63) is 42.0 Å². The lowest BCUT2D eigenvalue weighted by Gasteiger charge is -2.27. The normalized spacial score (nSPS) is 17.0. The number of anilines is 2. The lowest BCUT2D eigenvalue weighted by molar-refractivity contribution is 0.683. The maximum atomic E-state index is 9.41. The van der Waals surface area contributed by atoms with E-state index in [4.69, 9.17) is 0 Å². The molecule has 4 heterocycles.